The van der Waals surface area contributed by atoms with E-state index in [2.05, 4.69) is 46.8 Å². The Labute approximate surface area is 232 Å². The molecular formula is C31H29N5O2S. The highest BCUT2D eigenvalue weighted by Crippen LogP contribution is 2.23. The highest BCUT2D eigenvalue weighted by Gasteiger charge is 2.13. The Morgan fingerprint density at radius 1 is 0.923 bits per heavy atom. The largest absolute Gasteiger partial charge is 0.489 e. The summed E-state index contributed by atoms with van der Waals surface area (Å²) in [5.74, 6) is 0.738. The van der Waals surface area contributed by atoms with Gasteiger partial charge in [-0.15, -0.1) is 10.2 Å². The van der Waals surface area contributed by atoms with Gasteiger partial charge in [-0.25, -0.2) is 0 Å². The van der Waals surface area contributed by atoms with Crippen molar-refractivity contribution in [1.29, 1.82) is 0 Å². The maximum atomic E-state index is 12.9. The molecule has 0 saturated heterocycles. The van der Waals surface area contributed by atoms with Crippen molar-refractivity contribution in [3.8, 4) is 11.4 Å². The number of thiocarbonyl (C=S) groups is 1. The average Bonchev–Trinajstić information content (AvgIpc) is 3.35. The smallest absolute Gasteiger partial charge is 0.257 e. The van der Waals surface area contributed by atoms with Crippen LogP contribution in [0.1, 0.15) is 46.8 Å². The Hall–Kier alpha value is -4.56. The molecule has 1 aromatic heterocycles. The number of anilines is 1. The SMILES string of the molecule is Cc1cc2nn(-c3ccc(C(C)C)cc3)nc2cc1NC(=S)NC(=O)c1cccc(OCc2ccccc2)c1. The van der Waals surface area contributed by atoms with Crippen molar-refractivity contribution in [2.24, 2.45) is 0 Å². The van der Waals surface area contributed by atoms with Crippen LogP contribution in [0.25, 0.3) is 16.7 Å². The Morgan fingerprint density at radius 2 is 1.64 bits per heavy atom. The van der Waals surface area contributed by atoms with Gasteiger partial charge in [-0.1, -0.05) is 62.4 Å². The van der Waals surface area contributed by atoms with E-state index in [4.69, 9.17) is 17.0 Å². The van der Waals surface area contributed by atoms with Gasteiger partial charge in [0.1, 0.15) is 23.4 Å². The van der Waals surface area contributed by atoms with Crippen LogP contribution in [-0.4, -0.2) is 26.0 Å². The molecule has 0 aliphatic carbocycles. The zero-order valence-corrected chi connectivity index (χ0v) is 22.8. The Morgan fingerprint density at radius 3 is 2.36 bits per heavy atom. The molecule has 0 unspecified atom stereocenters. The van der Waals surface area contributed by atoms with Gasteiger partial charge < -0.3 is 10.1 Å². The van der Waals surface area contributed by atoms with E-state index in [1.54, 1.807) is 23.0 Å². The number of aryl methyl sites for hydroxylation is 1. The minimum atomic E-state index is -0.327. The summed E-state index contributed by atoms with van der Waals surface area (Å²) in [5.41, 5.74) is 6.81. The average molecular weight is 536 g/mol. The van der Waals surface area contributed by atoms with Crippen LogP contribution in [0, 0.1) is 6.92 Å². The second kappa shape index (κ2) is 11.4. The van der Waals surface area contributed by atoms with Crippen molar-refractivity contribution in [3.63, 3.8) is 0 Å². The minimum absolute atomic E-state index is 0.190. The van der Waals surface area contributed by atoms with E-state index in [9.17, 15) is 4.79 Å². The van der Waals surface area contributed by atoms with Crippen LogP contribution in [0.2, 0.25) is 0 Å². The van der Waals surface area contributed by atoms with E-state index < -0.39 is 0 Å². The van der Waals surface area contributed by atoms with Crippen LogP contribution in [0.4, 0.5) is 5.69 Å². The van der Waals surface area contributed by atoms with Crippen molar-refractivity contribution in [2.75, 3.05) is 5.32 Å². The van der Waals surface area contributed by atoms with Gasteiger partial charge in [0.05, 0.1) is 5.69 Å². The quantitative estimate of drug-likeness (QED) is 0.230. The van der Waals surface area contributed by atoms with Gasteiger partial charge in [0.2, 0.25) is 0 Å². The van der Waals surface area contributed by atoms with Crippen molar-refractivity contribution in [2.45, 2.75) is 33.3 Å². The predicted molar refractivity (Wildman–Crippen MR) is 159 cm³/mol. The highest BCUT2D eigenvalue weighted by molar-refractivity contribution is 7.80. The molecule has 39 heavy (non-hydrogen) atoms. The number of hydrogen-bond acceptors (Lipinski definition) is 5. The van der Waals surface area contributed by atoms with Crippen LogP contribution in [0.5, 0.6) is 5.75 Å². The van der Waals surface area contributed by atoms with Crippen molar-refractivity contribution in [1.82, 2.24) is 20.3 Å². The summed E-state index contributed by atoms with van der Waals surface area (Å²) in [4.78, 5) is 14.5. The number of nitrogens with zero attached hydrogens (tertiary/aromatic N) is 3. The summed E-state index contributed by atoms with van der Waals surface area (Å²) in [6.45, 7) is 6.70. The minimum Gasteiger partial charge on any atom is -0.489 e. The van der Waals surface area contributed by atoms with E-state index in [0.29, 0.717) is 29.4 Å². The lowest BCUT2D eigenvalue weighted by atomic mass is 10.0. The zero-order chi connectivity index (χ0) is 27.4. The number of carbonyl (C=O) groups excluding carboxylic acids is 1. The number of amides is 1. The Balaban J connectivity index is 1.24. The first-order chi connectivity index (χ1) is 18.9. The van der Waals surface area contributed by atoms with Gasteiger partial charge in [-0.2, -0.15) is 4.80 Å². The van der Waals surface area contributed by atoms with Crippen LogP contribution < -0.4 is 15.4 Å². The van der Waals surface area contributed by atoms with Crippen LogP contribution in [0.15, 0.2) is 91.0 Å². The predicted octanol–water partition coefficient (Wildman–Crippen LogP) is 6.56. The molecule has 5 aromatic rings. The third-order valence-corrected chi connectivity index (χ3v) is 6.54. The Bertz CT molecular complexity index is 1630. The van der Waals surface area contributed by atoms with E-state index >= 15 is 0 Å². The molecule has 1 heterocycles. The second-order valence-electron chi connectivity index (χ2n) is 9.60. The first kappa shape index (κ1) is 26.1. The maximum absolute atomic E-state index is 12.9. The van der Waals surface area contributed by atoms with Crippen molar-refractivity contribution < 1.29 is 9.53 Å². The first-order valence-corrected chi connectivity index (χ1v) is 13.1. The zero-order valence-electron chi connectivity index (χ0n) is 22.0. The molecule has 196 valence electrons. The summed E-state index contributed by atoms with van der Waals surface area (Å²) in [7, 11) is 0. The molecule has 2 N–H and O–H groups in total. The molecule has 1 amide bonds. The number of fused-ring (bicyclic) bond motifs is 1. The van der Waals surface area contributed by atoms with E-state index in [1.807, 2.05) is 67.6 Å². The molecule has 0 spiro atoms. The fraction of sp³-hybridized carbons (Fsp3) is 0.161. The molecule has 0 atom stereocenters. The lowest BCUT2D eigenvalue weighted by Crippen LogP contribution is -2.34. The number of hydrogen-bond donors (Lipinski definition) is 2. The van der Waals surface area contributed by atoms with Crippen LogP contribution >= 0.6 is 12.2 Å². The summed E-state index contributed by atoms with van der Waals surface area (Å²) >= 11 is 5.44. The molecule has 4 aromatic carbocycles. The first-order valence-electron chi connectivity index (χ1n) is 12.7. The fourth-order valence-electron chi connectivity index (χ4n) is 4.11. The third kappa shape index (κ3) is 6.30. The lowest BCUT2D eigenvalue weighted by molar-refractivity contribution is 0.0977. The van der Waals surface area contributed by atoms with E-state index in [1.165, 1.54) is 5.56 Å². The third-order valence-electron chi connectivity index (χ3n) is 6.34. The summed E-state index contributed by atoms with van der Waals surface area (Å²) < 4.78 is 5.85. The van der Waals surface area contributed by atoms with Crippen LogP contribution in [0.3, 0.4) is 0 Å². The molecule has 0 fully saturated rings. The number of benzene rings is 4. The molecule has 5 rings (SSSR count). The highest BCUT2D eigenvalue weighted by atomic mass is 32.1. The fourth-order valence-corrected chi connectivity index (χ4v) is 4.31. The van der Waals surface area contributed by atoms with Gasteiger partial charge in [0.15, 0.2) is 5.11 Å². The Kier molecular flexibility index (Phi) is 7.65. The van der Waals surface area contributed by atoms with Crippen molar-refractivity contribution in [3.05, 3.63) is 113 Å². The van der Waals surface area contributed by atoms with Gasteiger partial charge in [-0.05, 0) is 84.2 Å². The number of aromatic nitrogens is 3. The molecule has 7 nitrogen and oxygen atoms in total. The van der Waals surface area contributed by atoms with E-state index in [-0.39, 0.29) is 11.0 Å². The number of ether oxygens (including phenoxy) is 1. The lowest BCUT2D eigenvalue weighted by Gasteiger charge is -2.12. The summed E-state index contributed by atoms with van der Waals surface area (Å²) in [5, 5.41) is 15.3. The normalized spacial score (nSPS) is 11.0. The van der Waals surface area contributed by atoms with Gasteiger partial charge >= 0.3 is 0 Å². The molecule has 0 aliphatic rings. The van der Waals surface area contributed by atoms with Gasteiger partial charge in [0, 0.05) is 11.3 Å². The van der Waals surface area contributed by atoms with Crippen molar-refractivity contribution >= 4 is 40.0 Å². The topological polar surface area (TPSA) is 81.1 Å². The monoisotopic (exact) mass is 535 g/mol. The molecule has 8 heteroatoms. The molecular weight excluding hydrogens is 506 g/mol. The number of rotatable bonds is 7. The molecule has 0 aliphatic heterocycles. The molecule has 0 saturated carbocycles. The molecule has 0 bridgehead atoms. The van der Waals surface area contributed by atoms with Crippen LogP contribution in [-0.2, 0) is 6.61 Å². The van der Waals surface area contributed by atoms with Gasteiger partial charge in [0.25, 0.3) is 5.91 Å². The number of carbonyl (C=O) groups is 1. The summed E-state index contributed by atoms with van der Waals surface area (Å²) in [6.07, 6.45) is 0. The van der Waals surface area contributed by atoms with Gasteiger partial charge in [-0.3, -0.25) is 10.1 Å². The standard InChI is InChI=1S/C31H29N5O2S/c1-20(2)23-12-14-25(15-13-23)36-34-28-16-21(3)27(18-29(28)35-36)32-31(39)33-30(37)24-10-7-11-26(17-24)38-19-22-8-5-4-6-9-22/h4-18,20H,19H2,1-3H3,(H2,32,33,37,39). The maximum Gasteiger partial charge on any atom is 0.257 e. The molecule has 0 radical (unpaired) electrons. The van der Waals surface area contributed by atoms with E-state index in [0.717, 1.165) is 28.0 Å². The summed E-state index contributed by atoms with van der Waals surface area (Å²) in [6, 6.07) is 28.9. The number of nitrogens with one attached hydrogen (secondary N) is 2. The second-order valence-corrected chi connectivity index (χ2v) is 10.0.